The number of benzene rings is 1. The number of carbonyl (C=O) groups is 1. The maximum atomic E-state index is 12.4. The van der Waals surface area contributed by atoms with Crippen LogP contribution in [-0.4, -0.2) is 41.1 Å². The third-order valence-electron chi connectivity index (χ3n) is 4.35. The van der Waals surface area contributed by atoms with E-state index in [9.17, 15) is 9.90 Å². The van der Waals surface area contributed by atoms with Crippen LogP contribution >= 0.6 is 0 Å². The SMILES string of the molecule is CC(C)(C)OC(=O)N1CCC[C@H]1Cc1c(CO)ccc2c1OCO2. The van der Waals surface area contributed by atoms with Crippen LogP contribution in [0.3, 0.4) is 0 Å². The molecule has 0 spiro atoms. The maximum absolute atomic E-state index is 12.4. The van der Waals surface area contributed by atoms with Gasteiger partial charge in [-0.3, -0.25) is 0 Å². The average Bonchev–Trinajstić information content (AvgIpc) is 3.14. The van der Waals surface area contributed by atoms with Crippen molar-refractivity contribution in [3.63, 3.8) is 0 Å². The Morgan fingerprint density at radius 2 is 2.17 bits per heavy atom. The number of fused-ring (bicyclic) bond motifs is 1. The first-order valence-corrected chi connectivity index (χ1v) is 8.40. The van der Waals surface area contributed by atoms with E-state index < -0.39 is 5.60 Å². The molecule has 0 aliphatic carbocycles. The van der Waals surface area contributed by atoms with Gasteiger partial charge in [-0.05, 0) is 51.7 Å². The van der Waals surface area contributed by atoms with Crippen molar-refractivity contribution in [1.29, 1.82) is 0 Å². The second kappa shape index (κ2) is 6.51. The van der Waals surface area contributed by atoms with Gasteiger partial charge >= 0.3 is 6.09 Å². The summed E-state index contributed by atoms with van der Waals surface area (Å²) in [5.74, 6) is 1.39. The largest absolute Gasteiger partial charge is 0.454 e. The van der Waals surface area contributed by atoms with E-state index in [4.69, 9.17) is 14.2 Å². The van der Waals surface area contributed by atoms with Crippen molar-refractivity contribution in [3.05, 3.63) is 23.3 Å². The molecule has 1 saturated heterocycles. The number of nitrogens with zero attached hydrogens (tertiary/aromatic N) is 1. The molecule has 1 N–H and O–H groups in total. The van der Waals surface area contributed by atoms with Crippen LogP contribution in [-0.2, 0) is 17.8 Å². The summed E-state index contributed by atoms with van der Waals surface area (Å²) in [7, 11) is 0. The minimum absolute atomic E-state index is 0.0425. The van der Waals surface area contributed by atoms with Gasteiger partial charge in [0.25, 0.3) is 0 Å². The zero-order chi connectivity index (χ0) is 17.3. The monoisotopic (exact) mass is 335 g/mol. The van der Waals surface area contributed by atoms with Crippen LogP contribution in [0.5, 0.6) is 11.5 Å². The molecule has 3 rings (SSSR count). The molecular formula is C18H25NO5. The summed E-state index contributed by atoms with van der Waals surface area (Å²) in [6.45, 7) is 6.43. The van der Waals surface area contributed by atoms with Crippen molar-refractivity contribution >= 4 is 6.09 Å². The Hall–Kier alpha value is -1.95. The molecule has 24 heavy (non-hydrogen) atoms. The first-order chi connectivity index (χ1) is 11.4. The number of amides is 1. The Bertz CT molecular complexity index is 623. The number of ether oxygens (including phenoxy) is 3. The molecule has 0 bridgehead atoms. The first-order valence-electron chi connectivity index (χ1n) is 8.40. The number of hydrogen-bond donors (Lipinski definition) is 1. The maximum Gasteiger partial charge on any atom is 0.410 e. The van der Waals surface area contributed by atoms with Crippen LogP contribution < -0.4 is 9.47 Å². The number of likely N-dealkylation sites (tertiary alicyclic amines) is 1. The molecule has 2 heterocycles. The normalized spacial score (nSPS) is 19.7. The molecule has 1 aromatic rings. The van der Waals surface area contributed by atoms with E-state index >= 15 is 0 Å². The van der Waals surface area contributed by atoms with Crippen LogP contribution in [0.4, 0.5) is 4.79 Å². The minimum Gasteiger partial charge on any atom is -0.454 e. The van der Waals surface area contributed by atoms with Gasteiger partial charge in [0.15, 0.2) is 11.5 Å². The van der Waals surface area contributed by atoms with Crippen molar-refractivity contribution in [2.45, 2.75) is 58.3 Å². The molecule has 132 valence electrons. The molecule has 2 aliphatic heterocycles. The Kier molecular flexibility index (Phi) is 4.58. The van der Waals surface area contributed by atoms with Crippen molar-refractivity contribution in [2.75, 3.05) is 13.3 Å². The fourth-order valence-electron chi connectivity index (χ4n) is 3.29. The van der Waals surface area contributed by atoms with Crippen LogP contribution in [0, 0.1) is 0 Å². The summed E-state index contributed by atoms with van der Waals surface area (Å²) in [6, 6.07) is 3.72. The van der Waals surface area contributed by atoms with Crippen LogP contribution in [0.25, 0.3) is 0 Å². The molecular weight excluding hydrogens is 310 g/mol. The first kappa shape index (κ1) is 16.9. The second-order valence-corrected chi connectivity index (χ2v) is 7.27. The van der Waals surface area contributed by atoms with Gasteiger partial charge < -0.3 is 24.2 Å². The molecule has 2 aliphatic rings. The molecule has 6 heteroatoms. The molecule has 0 radical (unpaired) electrons. The van der Waals surface area contributed by atoms with Gasteiger partial charge in [-0.25, -0.2) is 4.79 Å². The fraction of sp³-hybridized carbons (Fsp3) is 0.611. The molecule has 0 aromatic heterocycles. The van der Waals surface area contributed by atoms with Crippen molar-refractivity contribution in [3.8, 4) is 11.5 Å². The van der Waals surface area contributed by atoms with E-state index in [-0.39, 0.29) is 25.5 Å². The highest BCUT2D eigenvalue weighted by molar-refractivity contribution is 5.69. The summed E-state index contributed by atoms with van der Waals surface area (Å²) in [4.78, 5) is 14.2. The topological polar surface area (TPSA) is 68.2 Å². The molecule has 6 nitrogen and oxygen atoms in total. The van der Waals surface area contributed by atoms with Gasteiger partial charge in [-0.2, -0.15) is 0 Å². The number of carbonyl (C=O) groups excluding carboxylic acids is 1. The molecule has 0 saturated carbocycles. The van der Waals surface area contributed by atoms with E-state index in [0.717, 1.165) is 24.0 Å². The zero-order valence-corrected chi connectivity index (χ0v) is 14.5. The summed E-state index contributed by atoms with van der Waals surface area (Å²) < 4.78 is 16.5. The lowest BCUT2D eigenvalue weighted by atomic mass is 9.97. The Balaban J connectivity index is 1.80. The van der Waals surface area contributed by atoms with Gasteiger partial charge in [-0.1, -0.05) is 6.07 Å². The Morgan fingerprint density at radius 3 is 2.88 bits per heavy atom. The summed E-state index contributed by atoms with van der Waals surface area (Å²) in [5.41, 5.74) is 1.23. The Labute approximate surface area is 142 Å². The Morgan fingerprint density at radius 1 is 1.38 bits per heavy atom. The highest BCUT2D eigenvalue weighted by Crippen LogP contribution is 2.39. The molecule has 1 fully saturated rings. The minimum atomic E-state index is -0.509. The smallest absolute Gasteiger partial charge is 0.410 e. The lowest BCUT2D eigenvalue weighted by molar-refractivity contribution is 0.0226. The summed E-state index contributed by atoms with van der Waals surface area (Å²) >= 11 is 0. The van der Waals surface area contributed by atoms with E-state index in [1.807, 2.05) is 32.9 Å². The fourth-order valence-corrected chi connectivity index (χ4v) is 3.29. The number of aliphatic hydroxyl groups is 1. The summed E-state index contributed by atoms with van der Waals surface area (Å²) in [6.07, 6.45) is 2.21. The molecule has 1 amide bonds. The van der Waals surface area contributed by atoms with Crippen molar-refractivity contribution in [2.24, 2.45) is 0 Å². The molecule has 0 unspecified atom stereocenters. The molecule has 1 atom stereocenters. The standard InChI is InChI=1S/C18H25NO5/c1-18(2,3)24-17(21)19-8-4-5-13(19)9-14-12(10-20)6-7-15-16(14)23-11-22-15/h6-7,13,20H,4-5,8-11H2,1-3H3/t13-/m0/s1. The van der Waals surface area contributed by atoms with Gasteiger partial charge in [0.05, 0.1) is 6.61 Å². The van der Waals surface area contributed by atoms with Crippen LogP contribution in [0.2, 0.25) is 0 Å². The highest BCUT2D eigenvalue weighted by atomic mass is 16.7. The van der Waals surface area contributed by atoms with Gasteiger partial charge in [0, 0.05) is 18.2 Å². The number of aliphatic hydroxyl groups excluding tert-OH is 1. The quantitative estimate of drug-likeness (QED) is 0.920. The van der Waals surface area contributed by atoms with Gasteiger partial charge in [0.1, 0.15) is 5.60 Å². The number of rotatable bonds is 3. The predicted octanol–water partition coefficient (Wildman–Crippen LogP) is 2.85. The van der Waals surface area contributed by atoms with Crippen molar-refractivity contribution in [1.82, 2.24) is 4.90 Å². The van der Waals surface area contributed by atoms with Gasteiger partial charge in [0.2, 0.25) is 6.79 Å². The molecule has 1 aromatic carbocycles. The highest BCUT2D eigenvalue weighted by Gasteiger charge is 2.34. The third-order valence-corrected chi connectivity index (χ3v) is 4.35. The van der Waals surface area contributed by atoms with E-state index in [2.05, 4.69) is 0 Å². The lowest BCUT2D eigenvalue weighted by Gasteiger charge is -2.29. The lowest BCUT2D eigenvalue weighted by Crippen LogP contribution is -2.40. The van der Waals surface area contributed by atoms with Gasteiger partial charge in [-0.15, -0.1) is 0 Å². The van der Waals surface area contributed by atoms with Crippen LogP contribution in [0.1, 0.15) is 44.7 Å². The number of hydrogen-bond acceptors (Lipinski definition) is 5. The van der Waals surface area contributed by atoms with E-state index in [1.165, 1.54) is 0 Å². The van der Waals surface area contributed by atoms with E-state index in [0.29, 0.717) is 24.5 Å². The zero-order valence-electron chi connectivity index (χ0n) is 14.5. The summed E-state index contributed by atoms with van der Waals surface area (Å²) in [5, 5.41) is 9.65. The van der Waals surface area contributed by atoms with Crippen molar-refractivity contribution < 1.29 is 24.1 Å². The predicted molar refractivity (Wildman–Crippen MR) is 88.2 cm³/mol. The average molecular weight is 335 g/mol. The van der Waals surface area contributed by atoms with E-state index in [1.54, 1.807) is 4.90 Å². The third kappa shape index (κ3) is 3.43. The second-order valence-electron chi connectivity index (χ2n) is 7.27. The van der Waals surface area contributed by atoms with Crippen LogP contribution in [0.15, 0.2) is 12.1 Å².